The third-order valence-corrected chi connectivity index (χ3v) is 3.23. The van der Waals surface area contributed by atoms with E-state index in [1.165, 1.54) is 6.20 Å². The number of amides is 1. The van der Waals surface area contributed by atoms with Gasteiger partial charge in [0.05, 0.1) is 11.0 Å². The summed E-state index contributed by atoms with van der Waals surface area (Å²) < 4.78 is 5.44. The van der Waals surface area contributed by atoms with Gasteiger partial charge < -0.3 is 15.8 Å². The van der Waals surface area contributed by atoms with Gasteiger partial charge in [-0.25, -0.2) is 4.98 Å². The van der Waals surface area contributed by atoms with E-state index in [4.69, 9.17) is 10.5 Å². The molecule has 1 amide bonds. The fourth-order valence-electron chi connectivity index (χ4n) is 2.19. The lowest BCUT2D eigenvalue weighted by molar-refractivity contribution is -0.384. The highest BCUT2D eigenvalue weighted by Gasteiger charge is 2.29. The standard InChI is InChI=1S/C12H16N4O4/c1-7-4-5-14-12(10(7)16(18)19)15-6-8-2-3-9(20-8)11(13)17/h4-5,8-9H,2-3,6H2,1H3,(H2,13,17)(H,14,15). The second kappa shape index (κ2) is 5.83. The Hall–Kier alpha value is -2.22. The van der Waals surface area contributed by atoms with Gasteiger partial charge in [-0.3, -0.25) is 14.9 Å². The summed E-state index contributed by atoms with van der Waals surface area (Å²) >= 11 is 0. The molecule has 1 aromatic rings. The third-order valence-electron chi connectivity index (χ3n) is 3.23. The molecule has 1 saturated heterocycles. The van der Waals surface area contributed by atoms with E-state index in [0.717, 1.165) is 0 Å². The molecular weight excluding hydrogens is 264 g/mol. The average molecular weight is 280 g/mol. The smallest absolute Gasteiger partial charge is 0.314 e. The first kappa shape index (κ1) is 14.2. The number of nitrogens with two attached hydrogens (primary N) is 1. The van der Waals surface area contributed by atoms with Crippen LogP contribution < -0.4 is 11.1 Å². The minimum atomic E-state index is -0.567. The Morgan fingerprint density at radius 3 is 3.00 bits per heavy atom. The Morgan fingerprint density at radius 2 is 2.40 bits per heavy atom. The molecule has 2 atom stereocenters. The number of nitrogens with zero attached hydrogens (tertiary/aromatic N) is 2. The lowest BCUT2D eigenvalue weighted by Crippen LogP contribution is -2.30. The summed E-state index contributed by atoms with van der Waals surface area (Å²) in [6, 6.07) is 1.58. The molecule has 0 radical (unpaired) electrons. The van der Waals surface area contributed by atoms with E-state index in [2.05, 4.69) is 10.3 Å². The van der Waals surface area contributed by atoms with Crippen molar-refractivity contribution in [3.05, 3.63) is 27.9 Å². The number of anilines is 1. The third kappa shape index (κ3) is 3.02. The molecule has 1 fully saturated rings. The second-order valence-electron chi connectivity index (χ2n) is 4.69. The van der Waals surface area contributed by atoms with Crippen molar-refractivity contribution in [2.75, 3.05) is 11.9 Å². The average Bonchev–Trinajstić information content (AvgIpc) is 2.84. The predicted molar refractivity (Wildman–Crippen MR) is 71.2 cm³/mol. The van der Waals surface area contributed by atoms with Crippen LogP contribution in [-0.4, -0.2) is 34.6 Å². The number of pyridine rings is 1. The maximum Gasteiger partial charge on any atom is 0.314 e. The van der Waals surface area contributed by atoms with Crippen LogP contribution in [0, 0.1) is 17.0 Å². The van der Waals surface area contributed by atoms with Crippen molar-refractivity contribution < 1.29 is 14.5 Å². The van der Waals surface area contributed by atoms with Crippen molar-refractivity contribution in [1.29, 1.82) is 0 Å². The van der Waals surface area contributed by atoms with Gasteiger partial charge in [0.15, 0.2) is 0 Å². The summed E-state index contributed by atoms with van der Waals surface area (Å²) in [7, 11) is 0. The molecule has 2 heterocycles. The molecule has 108 valence electrons. The molecule has 3 N–H and O–H groups in total. The van der Waals surface area contributed by atoms with E-state index >= 15 is 0 Å². The van der Waals surface area contributed by atoms with E-state index in [1.807, 2.05) is 0 Å². The van der Waals surface area contributed by atoms with Crippen LogP contribution in [0.15, 0.2) is 12.3 Å². The van der Waals surface area contributed by atoms with Gasteiger partial charge in [-0.2, -0.15) is 0 Å². The first-order chi connectivity index (χ1) is 9.49. The number of aromatic nitrogens is 1. The highest BCUT2D eigenvalue weighted by atomic mass is 16.6. The molecule has 2 unspecified atom stereocenters. The number of nitrogens with one attached hydrogen (secondary N) is 1. The zero-order valence-electron chi connectivity index (χ0n) is 11.0. The molecule has 1 aliphatic heterocycles. The molecule has 8 nitrogen and oxygen atoms in total. The highest BCUT2D eigenvalue weighted by Crippen LogP contribution is 2.26. The fourth-order valence-corrected chi connectivity index (χ4v) is 2.19. The summed E-state index contributed by atoms with van der Waals surface area (Å²) in [5.41, 5.74) is 5.66. The number of carbonyl (C=O) groups is 1. The van der Waals surface area contributed by atoms with E-state index < -0.39 is 16.9 Å². The van der Waals surface area contributed by atoms with Gasteiger partial charge in [0.2, 0.25) is 11.7 Å². The first-order valence-corrected chi connectivity index (χ1v) is 6.27. The van der Waals surface area contributed by atoms with E-state index in [-0.39, 0.29) is 17.6 Å². The SMILES string of the molecule is Cc1ccnc(NCC2CCC(C(N)=O)O2)c1[N+](=O)[O-]. The Balaban J connectivity index is 2.00. The van der Waals surface area contributed by atoms with Crippen LogP contribution in [-0.2, 0) is 9.53 Å². The first-order valence-electron chi connectivity index (χ1n) is 6.27. The maximum atomic E-state index is 11.0. The quantitative estimate of drug-likeness (QED) is 0.606. The molecular formula is C12H16N4O4. The van der Waals surface area contributed by atoms with Crippen LogP contribution in [0.1, 0.15) is 18.4 Å². The van der Waals surface area contributed by atoms with Crippen molar-refractivity contribution in [1.82, 2.24) is 4.98 Å². The Morgan fingerprint density at radius 1 is 1.65 bits per heavy atom. The second-order valence-corrected chi connectivity index (χ2v) is 4.69. The van der Waals surface area contributed by atoms with Crippen molar-refractivity contribution in [2.45, 2.75) is 32.0 Å². The molecule has 8 heteroatoms. The van der Waals surface area contributed by atoms with E-state index in [9.17, 15) is 14.9 Å². The van der Waals surface area contributed by atoms with Crippen LogP contribution >= 0.6 is 0 Å². The van der Waals surface area contributed by atoms with Crippen molar-refractivity contribution >= 4 is 17.4 Å². The molecule has 0 saturated carbocycles. The van der Waals surface area contributed by atoms with Gasteiger partial charge in [0.1, 0.15) is 6.10 Å². The molecule has 0 spiro atoms. The number of nitro groups is 1. The molecule has 0 bridgehead atoms. The zero-order chi connectivity index (χ0) is 14.7. The summed E-state index contributed by atoms with van der Waals surface area (Å²) in [5, 5.41) is 13.9. The fraction of sp³-hybridized carbons (Fsp3) is 0.500. The van der Waals surface area contributed by atoms with Crippen LogP contribution in [0.25, 0.3) is 0 Å². The Bertz CT molecular complexity index is 534. The molecule has 0 aromatic carbocycles. The number of aryl methyl sites for hydroxylation is 1. The van der Waals surface area contributed by atoms with Crippen molar-refractivity contribution in [3.8, 4) is 0 Å². The number of ether oxygens (including phenoxy) is 1. The predicted octanol–water partition coefficient (Wildman–Crippen LogP) is 0.743. The number of primary amides is 1. The summed E-state index contributed by atoms with van der Waals surface area (Å²) in [6.45, 7) is 2.00. The van der Waals surface area contributed by atoms with Gasteiger partial charge in [0, 0.05) is 18.3 Å². The summed E-state index contributed by atoms with van der Waals surface area (Å²) in [4.78, 5) is 25.5. The highest BCUT2D eigenvalue weighted by molar-refractivity contribution is 5.79. The van der Waals surface area contributed by atoms with Crippen LogP contribution in [0.5, 0.6) is 0 Å². The molecule has 2 rings (SSSR count). The Labute approximate surface area is 115 Å². The van der Waals surface area contributed by atoms with Crippen molar-refractivity contribution in [2.24, 2.45) is 5.73 Å². The minimum absolute atomic E-state index is 0.0445. The van der Waals surface area contributed by atoms with Crippen molar-refractivity contribution in [3.63, 3.8) is 0 Å². The Kier molecular flexibility index (Phi) is 4.14. The minimum Gasteiger partial charge on any atom is -0.367 e. The number of carbonyl (C=O) groups excluding carboxylic acids is 1. The monoisotopic (exact) mass is 280 g/mol. The van der Waals surface area contributed by atoms with Crippen LogP contribution in [0.4, 0.5) is 11.5 Å². The van der Waals surface area contributed by atoms with E-state index in [0.29, 0.717) is 24.9 Å². The van der Waals surface area contributed by atoms with Gasteiger partial charge in [0.25, 0.3) is 0 Å². The number of hydrogen-bond acceptors (Lipinski definition) is 6. The molecule has 1 aliphatic rings. The van der Waals surface area contributed by atoms with Gasteiger partial charge in [-0.1, -0.05) is 0 Å². The number of hydrogen-bond donors (Lipinski definition) is 2. The lowest BCUT2D eigenvalue weighted by atomic mass is 10.2. The molecule has 1 aromatic heterocycles. The van der Waals surface area contributed by atoms with Gasteiger partial charge >= 0.3 is 5.69 Å². The molecule has 0 aliphatic carbocycles. The largest absolute Gasteiger partial charge is 0.367 e. The van der Waals surface area contributed by atoms with Crippen LogP contribution in [0.3, 0.4) is 0 Å². The zero-order valence-corrected chi connectivity index (χ0v) is 11.0. The topological polar surface area (TPSA) is 120 Å². The molecule has 20 heavy (non-hydrogen) atoms. The van der Waals surface area contributed by atoms with Gasteiger partial charge in [-0.05, 0) is 25.8 Å². The summed E-state index contributed by atoms with van der Waals surface area (Å²) in [5.74, 6) is -0.270. The lowest BCUT2D eigenvalue weighted by Gasteiger charge is -2.13. The van der Waals surface area contributed by atoms with E-state index in [1.54, 1.807) is 13.0 Å². The van der Waals surface area contributed by atoms with Crippen LogP contribution in [0.2, 0.25) is 0 Å². The normalized spacial score (nSPS) is 21.6. The maximum absolute atomic E-state index is 11.0. The van der Waals surface area contributed by atoms with Gasteiger partial charge in [-0.15, -0.1) is 0 Å². The summed E-state index contributed by atoms with van der Waals surface area (Å²) in [6.07, 6.45) is 1.99. The number of rotatable bonds is 5.